The van der Waals surface area contributed by atoms with Crippen LogP contribution in [0.25, 0.3) is 0 Å². The molecule has 0 atom stereocenters. The van der Waals surface area contributed by atoms with Crippen molar-refractivity contribution in [3.63, 3.8) is 0 Å². The Kier molecular flexibility index (Phi) is 2.20. The maximum Gasteiger partial charge on any atom is 0.137 e. The van der Waals surface area contributed by atoms with Crippen LogP contribution in [0.2, 0.25) is 0 Å². The van der Waals surface area contributed by atoms with Gasteiger partial charge >= 0.3 is 0 Å². The molecule has 0 bridgehead atoms. The maximum atomic E-state index is 9.30. The highest BCUT2D eigenvalue weighted by atomic mass is 16.5. The van der Waals surface area contributed by atoms with Crippen LogP contribution < -0.4 is 4.74 Å². The van der Waals surface area contributed by atoms with Gasteiger partial charge in [0.25, 0.3) is 0 Å². The number of aryl methyl sites for hydroxylation is 1. The van der Waals surface area contributed by atoms with Crippen molar-refractivity contribution in [2.24, 2.45) is 0 Å². The lowest BCUT2D eigenvalue weighted by atomic mass is 10.1. The second kappa shape index (κ2) is 3.14. The van der Waals surface area contributed by atoms with Gasteiger partial charge in [0.05, 0.1) is 12.7 Å². The summed E-state index contributed by atoms with van der Waals surface area (Å²) >= 11 is 0. The summed E-state index contributed by atoms with van der Waals surface area (Å²) < 4.78 is 4.91. The van der Waals surface area contributed by atoms with E-state index in [0.717, 1.165) is 0 Å². The molecular formula is C9H9NO2. The highest BCUT2D eigenvalue weighted by Crippen LogP contribution is 2.26. The Balaban J connectivity index is 3.30. The van der Waals surface area contributed by atoms with E-state index in [-0.39, 0.29) is 5.75 Å². The molecule has 0 fully saturated rings. The third-order valence-corrected chi connectivity index (χ3v) is 1.64. The van der Waals surface area contributed by atoms with Crippen LogP contribution in [0.4, 0.5) is 0 Å². The van der Waals surface area contributed by atoms with Crippen LogP contribution >= 0.6 is 0 Å². The fourth-order valence-corrected chi connectivity index (χ4v) is 0.999. The van der Waals surface area contributed by atoms with Crippen LogP contribution in [0.3, 0.4) is 0 Å². The fourth-order valence-electron chi connectivity index (χ4n) is 0.999. The third kappa shape index (κ3) is 1.32. The Labute approximate surface area is 70.8 Å². The van der Waals surface area contributed by atoms with Gasteiger partial charge in [-0.3, -0.25) is 0 Å². The standard InChI is InChI=1S/C9H9NO2/c1-6-3-7(12-2)4-9(11)8(6)5-10/h3-4,11H,1-2H3. The Morgan fingerprint density at radius 3 is 2.58 bits per heavy atom. The van der Waals surface area contributed by atoms with Gasteiger partial charge in [-0.1, -0.05) is 0 Å². The van der Waals surface area contributed by atoms with Gasteiger partial charge in [-0.2, -0.15) is 5.26 Å². The Morgan fingerprint density at radius 1 is 1.50 bits per heavy atom. The third-order valence-electron chi connectivity index (χ3n) is 1.64. The fraction of sp³-hybridized carbons (Fsp3) is 0.222. The summed E-state index contributed by atoms with van der Waals surface area (Å²) in [5.41, 5.74) is 1.02. The number of phenols is 1. The highest BCUT2D eigenvalue weighted by molar-refractivity contribution is 5.51. The van der Waals surface area contributed by atoms with Crippen molar-refractivity contribution in [3.05, 3.63) is 23.3 Å². The molecule has 0 saturated carbocycles. The normalized spacial score (nSPS) is 9.08. The van der Waals surface area contributed by atoms with Crippen LogP contribution in [0.1, 0.15) is 11.1 Å². The molecule has 0 amide bonds. The summed E-state index contributed by atoms with van der Waals surface area (Å²) in [7, 11) is 1.51. The molecular weight excluding hydrogens is 154 g/mol. The van der Waals surface area contributed by atoms with E-state index in [4.69, 9.17) is 10.00 Å². The second-order valence-corrected chi connectivity index (χ2v) is 2.45. The van der Waals surface area contributed by atoms with Crippen molar-refractivity contribution in [2.45, 2.75) is 6.92 Å². The van der Waals surface area contributed by atoms with Gasteiger partial charge in [-0.15, -0.1) is 0 Å². The van der Waals surface area contributed by atoms with Crippen LogP contribution in [-0.4, -0.2) is 12.2 Å². The molecule has 62 valence electrons. The monoisotopic (exact) mass is 163 g/mol. The molecule has 3 heteroatoms. The summed E-state index contributed by atoms with van der Waals surface area (Å²) in [6.45, 7) is 1.75. The average Bonchev–Trinajstić information content (AvgIpc) is 2.03. The molecule has 0 aliphatic rings. The summed E-state index contributed by atoms with van der Waals surface area (Å²) in [5.74, 6) is 0.526. The van der Waals surface area contributed by atoms with Crippen LogP contribution in [-0.2, 0) is 0 Å². The van der Waals surface area contributed by atoms with Crippen molar-refractivity contribution in [3.8, 4) is 17.6 Å². The van der Waals surface area contributed by atoms with Crippen molar-refractivity contribution >= 4 is 0 Å². The smallest absolute Gasteiger partial charge is 0.137 e. The molecule has 0 heterocycles. The summed E-state index contributed by atoms with van der Waals surface area (Å²) in [6.07, 6.45) is 0. The van der Waals surface area contributed by atoms with E-state index in [9.17, 15) is 5.11 Å². The molecule has 0 saturated heterocycles. The molecule has 3 nitrogen and oxygen atoms in total. The molecule has 0 spiro atoms. The zero-order valence-corrected chi connectivity index (χ0v) is 6.96. The van der Waals surface area contributed by atoms with E-state index in [0.29, 0.717) is 16.9 Å². The largest absolute Gasteiger partial charge is 0.506 e. The SMILES string of the molecule is COc1cc(C)c(C#N)c(O)c1. The minimum absolute atomic E-state index is 0.0330. The van der Waals surface area contributed by atoms with E-state index in [1.165, 1.54) is 13.2 Å². The number of rotatable bonds is 1. The van der Waals surface area contributed by atoms with Crippen molar-refractivity contribution < 1.29 is 9.84 Å². The number of aromatic hydroxyl groups is 1. The molecule has 0 unspecified atom stereocenters. The minimum Gasteiger partial charge on any atom is -0.506 e. The van der Waals surface area contributed by atoms with E-state index in [1.54, 1.807) is 13.0 Å². The van der Waals surface area contributed by atoms with Crippen LogP contribution in [0.5, 0.6) is 11.5 Å². The highest BCUT2D eigenvalue weighted by Gasteiger charge is 2.05. The van der Waals surface area contributed by atoms with Crippen LogP contribution in [0.15, 0.2) is 12.1 Å². The zero-order chi connectivity index (χ0) is 9.14. The maximum absolute atomic E-state index is 9.30. The van der Waals surface area contributed by atoms with E-state index in [1.807, 2.05) is 6.07 Å². The van der Waals surface area contributed by atoms with Crippen molar-refractivity contribution in [1.29, 1.82) is 5.26 Å². The van der Waals surface area contributed by atoms with Crippen LogP contribution in [0, 0.1) is 18.3 Å². The molecule has 0 radical (unpaired) electrons. The molecule has 12 heavy (non-hydrogen) atoms. The summed E-state index contributed by atoms with van der Waals surface area (Å²) in [6, 6.07) is 5.04. The number of hydrogen-bond donors (Lipinski definition) is 1. The first kappa shape index (κ1) is 8.41. The number of benzene rings is 1. The predicted octanol–water partition coefficient (Wildman–Crippen LogP) is 1.58. The van der Waals surface area contributed by atoms with Gasteiger partial charge in [-0.05, 0) is 18.6 Å². The molecule has 0 aliphatic heterocycles. The van der Waals surface area contributed by atoms with Gasteiger partial charge in [0.15, 0.2) is 0 Å². The summed E-state index contributed by atoms with van der Waals surface area (Å²) in [4.78, 5) is 0. The molecule has 0 aromatic heterocycles. The number of methoxy groups -OCH3 is 1. The number of nitriles is 1. The lowest BCUT2D eigenvalue weighted by Gasteiger charge is -2.04. The first-order chi connectivity index (χ1) is 5.69. The lowest BCUT2D eigenvalue weighted by molar-refractivity contribution is 0.407. The van der Waals surface area contributed by atoms with E-state index < -0.39 is 0 Å². The molecule has 1 rings (SSSR count). The Hall–Kier alpha value is -1.69. The van der Waals surface area contributed by atoms with Gasteiger partial charge in [0, 0.05) is 6.07 Å². The van der Waals surface area contributed by atoms with Gasteiger partial charge in [0.1, 0.15) is 17.6 Å². The number of nitrogens with zero attached hydrogens (tertiary/aromatic N) is 1. The first-order valence-corrected chi connectivity index (χ1v) is 3.46. The molecule has 1 aromatic rings. The topological polar surface area (TPSA) is 53.2 Å². The quantitative estimate of drug-likeness (QED) is 0.683. The average molecular weight is 163 g/mol. The van der Waals surface area contributed by atoms with Crippen molar-refractivity contribution in [2.75, 3.05) is 7.11 Å². The molecule has 1 aromatic carbocycles. The lowest BCUT2D eigenvalue weighted by Crippen LogP contribution is -1.87. The van der Waals surface area contributed by atoms with Crippen molar-refractivity contribution in [1.82, 2.24) is 0 Å². The molecule has 0 aliphatic carbocycles. The van der Waals surface area contributed by atoms with Gasteiger partial charge < -0.3 is 9.84 Å². The Bertz CT molecular complexity index is 316. The second-order valence-electron chi connectivity index (χ2n) is 2.45. The van der Waals surface area contributed by atoms with E-state index in [2.05, 4.69) is 0 Å². The summed E-state index contributed by atoms with van der Waals surface area (Å²) in [5, 5.41) is 17.9. The Morgan fingerprint density at radius 2 is 2.17 bits per heavy atom. The zero-order valence-electron chi connectivity index (χ0n) is 6.96. The number of ether oxygens (including phenoxy) is 1. The van der Waals surface area contributed by atoms with E-state index >= 15 is 0 Å². The minimum atomic E-state index is -0.0330. The number of phenolic OH excluding ortho intramolecular Hbond substituents is 1. The predicted molar refractivity (Wildman–Crippen MR) is 44.1 cm³/mol. The first-order valence-electron chi connectivity index (χ1n) is 3.46. The van der Waals surface area contributed by atoms with Gasteiger partial charge in [0.2, 0.25) is 0 Å². The number of hydrogen-bond acceptors (Lipinski definition) is 3. The molecule has 1 N–H and O–H groups in total. The van der Waals surface area contributed by atoms with Gasteiger partial charge in [-0.25, -0.2) is 0 Å².